The number of benzene rings is 1. The molecule has 0 saturated carbocycles. The largest absolute Gasteiger partial charge is 0.496 e. The van der Waals surface area contributed by atoms with Crippen LogP contribution in [-0.2, 0) is 0 Å². The van der Waals surface area contributed by atoms with Crippen LogP contribution in [-0.4, -0.2) is 19.7 Å². The van der Waals surface area contributed by atoms with Crippen LogP contribution in [0.25, 0.3) is 0 Å². The van der Waals surface area contributed by atoms with Gasteiger partial charge in [0.1, 0.15) is 5.75 Å². The standard InChI is InChI=1S/C15H24N2O/c1-10-8-11(2)14(13(9-10)18-3)15(16)12-6-4-5-7-17-12/h8-9,12,15,17H,4-7,16H2,1-3H3. The molecule has 0 aromatic heterocycles. The molecule has 0 bridgehead atoms. The maximum atomic E-state index is 6.45. The van der Waals surface area contributed by atoms with Gasteiger partial charge in [-0.1, -0.05) is 12.5 Å². The van der Waals surface area contributed by atoms with Crippen LogP contribution in [0.2, 0.25) is 0 Å². The summed E-state index contributed by atoms with van der Waals surface area (Å²) in [6.07, 6.45) is 3.67. The van der Waals surface area contributed by atoms with Crippen molar-refractivity contribution < 1.29 is 4.74 Å². The highest BCUT2D eigenvalue weighted by Crippen LogP contribution is 2.32. The second kappa shape index (κ2) is 5.72. The van der Waals surface area contributed by atoms with Crippen LogP contribution in [0.4, 0.5) is 0 Å². The van der Waals surface area contributed by atoms with Crippen LogP contribution in [0.5, 0.6) is 5.75 Å². The summed E-state index contributed by atoms with van der Waals surface area (Å²) in [5, 5.41) is 3.53. The lowest BCUT2D eigenvalue weighted by atomic mass is 9.89. The number of rotatable bonds is 3. The van der Waals surface area contributed by atoms with E-state index in [1.165, 1.54) is 24.0 Å². The predicted molar refractivity (Wildman–Crippen MR) is 75.0 cm³/mol. The van der Waals surface area contributed by atoms with Crippen molar-refractivity contribution in [2.75, 3.05) is 13.7 Å². The molecule has 1 aromatic rings. The topological polar surface area (TPSA) is 47.3 Å². The highest BCUT2D eigenvalue weighted by Gasteiger charge is 2.25. The SMILES string of the molecule is COc1cc(C)cc(C)c1C(N)C1CCCCN1. The molecular formula is C15H24N2O. The van der Waals surface area contributed by atoms with E-state index >= 15 is 0 Å². The van der Waals surface area contributed by atoms with E-state index in [4.69, 9.17) is 10.5 Å². The quantitative estimate of drug-likeness (QED) is 0.864. The molecule has 0 amide bonds. The summed E-state index contributed by atoms with van der Waals surface area (Å²) in [4.78, 5) is 0. The molecule has 0 spiro atoms. The fourth-order valence-electron chi connectivity index (χ4n) is 2.92. The molecule has 2 rings (SSSR count). The molecule has 1 aromatic carbocycles. The molecule has 0 radical (unpaired) electrons. The van der Waals surface area contributed by atoms with Crippen molar-refractivity contribution in [2.45, 2.75) is 45.2 Å². The Morgan fingerprint density at radius 3 is 2.72 bits per heavy atom. The molecule has 1 saturated heterocycles. The molecule has 100 valence electrons. The number of methoxy groups -OCH3 is 1. The molecule has 1 aliphatic rings. The number of nitrogens with two attached hydrogens (primary N) is 1. The third-order valence-electron chi connectivity index (χ3n) is 3.83. The third kappa shape index (κ3) is 2.68. The Labute approximate surface area is 110 Å². The molecule has 2 unspecified atom stereocenters. The molecule has 0 aliphatic carbocycles. The van der Waals surface area contributed by atoms with E-state index in [2.05, 4.69) is 31.3 Å². The zero-order valence-electron chi connectivity index (χ0n) is 11.6. The minimum absolute atomic E-state index is 0.0147. The Morgan fingerprint density at radius 1 is 1.33 bits per heavy atom. The van der Waals surface area contributed by atoms with Gasteiger partial charge in [-0.3, -0.25) is 0 Å². The fourth-order valence-corrected chi connectivity index (χ4v) is 2.92. The summed E-state index contributed by atoms with van der Waals surface area (Å²) in [5.41, 5.74) is 10.1. The van der Waals surface area contributed by atoms with E-state index in [0.717, 1.165) is 24.3 Å². The number of piperidine rings is 1. The van der Waals surface area contributed by atoms with Gasteiger partial charge in [-0.15, -0.1) is 0 Å². The van der Waals surface area contributed by atoms with Crippen molar-refractivity contribution in [3.63, 3.8) is 0 Å². The van der Waals surface area contributed by atoms with E-state index in [9.17, 15) is 0 Å². The maximum Gasteiger partial charge on any atom is 0.124 e. The smallest absolute Gasteiger partial charge is 0.124 e. The van der Waals surface area contributed by atoms with Crippen molar-refractivity contribution in [3.8, 4) is 5.75 Å². The minimum Gasteiger partial charge on any atom is -0.496 e. The molecule has 2 atom stereocenters. The lowest BCUT2D eigenvalue weighted by molar-refractivity contribution is 0.341. The lowest BCUT2D eigenvalue weighted by Gasteiger charge is -2.31. The zero-order valence-corrected chi connectivity index (χ0v) is 11.6. The summed E-state index contributed by atoms with van der Waals surface area (Å²) in [5.74, 6) is 0.923. The van der Waals surface area contributed by atoms with Crippen molar-refractivity contribution >= 4 is 0 Å². The van der Waals surface area contributed by atoms with Gasteiger partial charge in [-0.05, 0) is 50.4 Å². The van der Waals surface area contributed by atoms with Crippen LogP contribution < -0.4 is 15.8 Å². The Morgan fingerprint density at radius 2 is 2.11 bits per heavy atom. The highest BCUT2D eigenvalue weighted by molar-refractivity contribution is 5.45. The van der Waals surface area contributed by atoms with Gasteiger partial charge in [0.2, 0.25) is 0 Å². The second-order valence-corrected chi connectivity index (χ2v) is 5.28. The summed E-state index contributed by atoms with van der Waals surface area (Å²) in [6.45, 7) is 5.28. The Kier molecular flexibility index (Phi) is 4.25. The Bertz CT molecular complexity index is 411. The summed E-state index contributed by atoms with van der Waals surface area (Å²) in [6, 6.07) is 4.64. The van der Waals surface area contributed by atoms with Gasteiger partial charge < -0.3 is 15.8 Å². The van der Waals surface area contributed by atoms with Crippen LogP contribution in [0.15, 0.2) is 12.1 Å². The van der Waals surface area contributed by atoms with E-state index in [1.807, 2.05) is 0 Å². The average molecular weight is 248 g/mol. The molecule has 1 aliphatic heterocycles. The number of hydrogen-bond donors (Lipinski definition) is 2. The number of aryl methyl sites for hydroxylation is 2. The highest BCUT2D eigenvalue weighted by atomic mass is 16.5. The molecule has 1 heterocycles. The predicted octanol–water partition coefficient (Wildman–Crippen LogP) is 2.45. The van der Waals surface area contributed by atoms with E-state index in [1.54, 1.807) is 7.11 Å². The molecule has 3 N–H and O–H groups in total. The van der Waals surface area contributed by atoms with Crippen molar-refractivity contribution in [1.82, 2.24) is 5.32 Å². The monoisotopic (exact) mass is 248 g/mol. The first-order valence-corrected chi connectivity index (χ1v) is 6.77. The van der Waals surface area contributed by atoms with Gasteiger partial charge in [0.25, 0.3) is 0 Å². The maximum absolute atomic E-state index is 6.45. The van der Waals surface area contributed by atoms with Gasteiger partial charge in [0.15, 0.2) is 0 Å². The first kappa shape index (κ1) is 13.4. The fraction of sp³-hybridized carbons (Fsp3) is 0.600. The van der Waals surface area contributed by atoms with E-state index < -0.39 is 0 Å². The Hall–Kier alpha value is -1.06. The van der Waals surface area contributed by atoms with Gasteiger partial charge >= 0.3 is 0 Å². The number of ether oxygens (including phenoxy) is 1. The molecular weight excluding hydrogens is 224 g/mol. The third-order valence-corrected chi connectivity index (χ3v) is 3.83. The van der Waals surface area contributed by atoms with Gasteiger partial charge in [-0.2, -0.15) is 0 Å². The molecule has 3 heteroatoms. The zero-order chi connectivity index (χ0) is 13.1. The van der Waals surface area contributed by atoms with Gasteiger partial charge in [0.05, 0.1) is 7.11 Å². The molecule has 3 nitrogen and oxygen atoms in total. The molecule has 18 heavy (non-hydrogen) atoms. The summed E-state index contributed by atoms with van der Waals surface area (Å²) >= 11 is 0. The number of hydrogen-bond acceptors (Lipinski definition) is 3. The van der Waals surface area contributed by atoms with Crippen LogP contribution in [0.1, 0.15) is 42.0 Å². The Balaban J connectivity index is 2.30. The van der Waals surface area contributed by atoms with Crippen molar-refractivity contribution in [3.05, 3.63) is 28.8 Å². The van der Waals surface area contributed by atoms with Crippen LogP contribution >= 0.6 is 0 Å². The average Bonchev–Trinajstić information content (AvgIpc) is 2.38. The van der Waals surface area contributed by atoms with Crippen LogP contribution in [0, 0.1) is 13.8 Å². The van der Waals surface area contributed by atoms with E-state index in [0.29, 0.717) is 6.04 Å². The van der Waals surface area contributed by atoms with Gasteiger partial charge in [-0.25, -0.2) is 0 Å². The van der Waals surface area contributed by atoms with Crippen molar-refractivity contribution in [1.29, 1.82) is 0 Å². The first-order valence-electron chi connectivity index (χ1n) is 6.77. The normalized spacial score (nSPS) is 21.7. The minimum atomic E-state index is 0.0147. The van der Waals surface area contributed by atoms with Crippen molar-refractivity contribution in [2.24, 2.45) is 5.73 Å². The summed E-state index contributed by atoms with van der Waals surface area (Å²) in [7, 11) is 1.72. The van der Waals surface area contributed by atoms with Crippen LogP contribution in [0.3, 0.4) is 0 Å². The molecule has 1 fully saturated rings. The summed E-state index contributed by atoms with van der Waals surface area (Å²) < 4.78 is 5.51. The second-order valence-electron chi connectivity index (χ2n) is 5.28. The van der Waals surface area contributed by atoms with E-state index in [-0.39, 0.29) is 6.04 Å². The van der Waals surface area contributed by atoms with Gasteiger partial charge in [0, 0.05) is 17.6 Å². The lowest BCUT2D eigenvalue weighted by Crippen LogP contribution is -2.42. The number of nitrogens with one attached hydrogen (secondary N) is 1. The first-order chi connectivity index (χ1) is 8.63.